The van der Waals surface area contributed by atoms with Gasteiger partial charge in [0.25, 0.3) is 0 Å². The van der Waals surface area contributed by atoms with Crippen molar-refractivity contribution in [2.24, 2.45) is 0 Å². The molecule has 0 bridgehead atoms. The van der Waals surface area contributed by atoms with Crippen LogP contribution in [0.1, 0.15) is 17.0 Å². The summed E-state index contributed by atoms with van der Waals surface area (Å²) in [6, 6.07) is 18.0. The predicted molar refractivity (Wildman–Crippen MR) is 80.8 cm³/mol. The van der Waals surface area contributed by atoms with Gasteiger partial charge in [-0.05, 0) is 30.2 Å². The van der Waals surface area contributed by atoms with Crippen molar-refractivity contribution >= 4 is 22.7 Å². The molecule has 1 N–H and O–H groups in total. The maximum Gasteiger partial charge on any atom is 0.149 e. The molecule has 3 heteroatoms. The molecule has 96 valence electrons. The van der Waals surface area contributed by atoms with Gasteiger partial charge in [0.15, 0.2) is 0 Å². The van der Waals surface area contributed by atoms with Crippen molar-refractivity contribution in [2.75, 3.05) is 0 Å². The molecule has 0 unspecified atom stereocenters. The molecule has 0 spiro atoms. The first-order chi connectivity index (χ1) is 9.78. The van der Waals surface area contributed by atoms with Gasteiger partial charge in [0.05, 0.1) is 16.6 Å². The Labute approximate surface area is 117 Å². The maximum absolute atomic E-state index is 9.36. The van der Waals surface area contributed by atoms with Gasteiger partial charge in [0, 0.05) is 0 Å². The monoisotopic (exact) mass is 259 g/mol. The normalized spacial score (nSPS) is 11.5. The molecular formula is C17H13N3. The SMILES string of the molecule is Cc1cccc2[nH]c(/C(C#N)=C/c3ccccc3)nc12. The van der Waals surface area contributed by atoms with Crippen molar-refractivity contribution < 1.29 is 0 Å². The number of nitrogens with zero attached hydrogens (tertiary/aromatic N) is 2. The molecule has 20 heavy (non-hydrogen) atoms. The summed E-state index contributed by atoms with van der Waals surface area (Å²) < 4.78 is 0. The number of allylic oxidation sites excluding steroid dienone is 1. The lowest BCUT2D eigenvalue weighted by molar-refractivity contribution is 1.27. The molecular weight excluding hydrogens is 246 g/mol. The lowest BCUT2D eigenvalue weighted by Gasteiger charge is -1.94. The summed E-state index contributed by atoms with van der Waals surface area (Å²) >= 11 is 0. The fraction of sp³-hybridized carbons (Fsp3) is 0.0588. The first-order valence-electron chi connectivity index (χ1n) is 6.40. The van der Waals surface area contributed by atoms with Gasteiger partial charge in [-0.25, -0.2) is 4.98 Å². The van der Waals surface area contributed by atoms with E-state index in [-0.39, 0.29) is 0 Å². The molecule has 3 aromatic rings. The number of benzene rings is 2. The first kappa shape index (κ1) is 12.2. The number of para-hydroxylation sites is 1. The number of aromatic nitrogens is 2. The second-order valence-corrected chi connectivity index (χ2v) is 4.64. The highest BCUT2D eigenvalue weighted by molar-refractivity contribution is 5.90. The van der Waals surface area contributed by atoms with Gasteiger partial charge in [-0.2, -0.15) is 5.26 Å². The molecule has 1 heterocycles. The van der Waals surface area contributed by atoms with E-state index in [1.54, 1.807) is 0 Å². The fourth-order valence-electron chi connectivity index (χ4n) is 2.17. The fourth-order valence-corrected chi connectivity index (χ4v) is 2.17. The topological polar surface area (TPSA) is 52.5 Å². The third-order valence-corrected chi connectivity index (χ3v) is 3.20. The molecule has 1 aromatic heterocycles. The van der Waals surface area contributed by atoms with Crippen LogP contribution in [-0.4, -0.2) is 9.97 Å². The Hall–Kier alpha value is -2.86. The molecule has 0 aliphatic heterocycles. The van der Waals surface area contributed by atoms with Crippen LogP contribution in [0.2, 0.25) is 0 Å². The number of rotatable bonds is 2. The van der Waals surface area contributed by atoms with Gasteiger partial charge in [-0.15, -0.1) is 0 Å². The van der Waals surface area contributed by atoms with Crippen LogP contribution < -0.4 is 0 Å². The van der Waals surface area contributed by atoms with Crippen LogP contribution in [0.3, 0.4) is 0 Å². The predicted octanol–water partition coefficient (Wildman–Crippen LogP) is 3.94. The highest BCUT2D eigenvalue weighted by Gasteiger charge is 2.08. The van der Waals surface area contributed by atoms with E-state index in [0.29, 0.717) is 11.4 Å². The van der Waals surface area contributed by atoms with Crippen LogP contribution >= 0.6 is 0 Å². The third kappa shape index (κ3) is 2.19. The number of imidazole rings is 1. The number of fused-ring (bicyclic) bond motifs is 1. The van der Waals surface area contributed by atoms with E-state index in [0.717, 1.165) is 22.2 Å². The quantitative estimate of drug-likeness (QED) is 0.709. The van der Waals surface area contributed by atoms with Crippen LogP contribution in [0, 0.1) is 18.3 Å². The zero-order valence-corrected chi connectivity index (χ0v) is 11.1. The van der Waals surface area contributed by atoms with Crippen molar-refractivity contribution in [3.63, 3.8) is 0 Å². The molecule has 3 rings (SSSR count). The molecule has 0 aliphatic rings. The lowest BCUT2D eigenvalue weighted by atomic mass is 10.1. The van der Waals surface area contributed by atoms with Crippen molar-refractivity contribution in [1.29, 1.82) is 5.26 Å². The number of nitriles is 1. The summed E-state index contributed by atoms with van der Waals surface area (Å²) in [5, 5.41) is 9.36. The standard InChI is InChI=1S/C17H13N3/c1-12-6-5-9-15-16(12)20-17(19-15)14(11-18)10-13-7-3-2-4-8-13/h2-10H,1H3,(H,19,20)/b14-10+. The largest absolute Gasteiger partial charge is 0.337 e. The summed E-state index contributed by atoms with van der Waals surface area (Å²) in [5.41, 5.74) is 4.49. The Morgan fingerprint density at radius 1 is 1.15 bits per heavy atom. The van der Waals surface area contributed by atoms with Crippen molar-refractivity contribution in [3.05, 3.63) is 65.5 Å². The van der Waals surface area contributed by atoms with Crippen molar-refractivity contribution in [2.45, 2.75) is 6.92 Å². The van der Waals surface area contributed by atoms with E-state index < -0.39 is 0 Å². The van der Waals surface area contributed by atoms with Crippen LogP contribution in [-0.2, 0) is 0 Å². The van der Waals surface area contributed by atoms with Crippen LogP contribution in [0.5, 0.6) is 0 Å². The van der Waals surface area contributed by atoms with Gasteiger partial charge in [0.1, 0.15) is 11.9 Å². The summed E-state index contributed by atoms with van der Waals surface area (Å²) in [6.07, 6.45) is 1.84. The highest BCUT2D eigenvalue weighted by Crippen LogP contribution is 2.21. The molecule has 0 radical (unpaired) electrons. The van der Waals surface area contributed by atoms with E-state index in [2.05, 4.69) is 16.0 Å². The Balaban J connectivity index is 2.11. The number of nitrogens with one attached hydrogen (secondary N) is 1. The Bertz CT molecular complexity index is 820. The van der Waals surface area contributed by atoms with Gasteiger partial charge in [-0.3, -0.25) is 0 Å². The number of aromatic amines is 1. The van der Waals surface area contributed by atoms with Crippen molar-refractivity contribution in [3.8, 4) is 6.07 Å². The summed E-state index contributed by atoms with van der Waals surface area (Å²) in [5.74, 6) is 0.612. The van der Waals surface area contributed by atoms with Gasteiger partial charge < -0.3 is 4.98 Å². The maximum atomic E-state index is 9.36. The molecule has 2 aromatic carbocycles. The zero-order chi connectivity index (χ0) is 13.9. The third-order valence-electron chi connectivity index (χ3n) is 3.20. The molecule has 0 aliphatic carbocycles. The van der Waals surface area contributed by atoms with Gasteiger partial charge >= 0.3 is 0 Å². The molecule has 3 nitrogen and oxygen atoms in total. The summed E-state index contributed by atoms with van der Waals surface area (Å²) in [7, 11) is 0. The van der Waals surface area contributed by atoms with E-state index in [1.165, 1.54) is 0 Å². The van der Waals surface area contributed by atoms with Crippen LogP contribution in [0.4, 0.5) is 0 Å². The molecule has 0 amide bonds. The summed E-state index contributed by atoms with van der Waals surface area (Å²) in [6.45, 7) is 2.01. The average Bonchev–Trinajstić information content (AvgIpc) is 2.91. The number of aryl methyl sites for hydroxylation is 1. The summed E-state index contributed by atoms with van der Waals surface area (Å²) in [4.78, 5) is 7.74. The second-order valence-electron chi connectivity index (χ2n) is 4.64. The second kappa shape index (κ2) is 5.02. The minimum absolute atomic E-state index is 0.534. The molecule has 0 saturated carbocycles. The Morgan fingerprint density at radius 2 is 1.95 bits per heavy atom. The van der Waals surface area contributed by atoms with Gasteiger partial charge in [0.2, 0.25) is 0 Å². The number of hydrogen-bond acceptors (Lipinski definition) is 2. The average molecular weight is 259 g/mol. The zero-order valence-electron chi connectivity index (χ0n) is 11.1. The molecule has 0 saturated heterocycles. The van der Waals surface area contributed by atoms with E-state index in [9.17, 15) is 5.26 Å². The highest BCUT2D eigenvalue weighted by atomic mass is 14.9. The lowest BCUT2D eigenvalue weighted by Crippen LogP contribution is -1.84. The number of hydrogen-bond donors (Lipinski definition) is 1. The van der Waals surface area contributed by atoms with E-state index in [4.69, 9.17) is 0 Å². The van der Waals surface area contributed by atoms with Gasteiger partial charge in [-0.1, -0.05) is 42.5 Å². The van der Waals surface area contributed by atoms with Crippen LogP contribution in [0.15, 0.2) is 48.5 Å². The minimum Gasteiger partial charge on any atom is -0.337 e. The minimum atomic E-state index is 0.534. The Kier molecular flexibility index (Phi) is 3.06. The van der Waals surface area contributed by atoms with Crippen LogP contribution in [0.25, 0.3) is 22.7 Å². The number of H-pyrrole nitrogens is 1. The first-order valence-corrected chi connectivity index (χ1v) is 6.40. The van der Waals surface area contributed by atoms with E-state index in [1.807, 2.05) is 61.5 Å². The van der Waals surface area contributed by atoms with Crippen molar-refractivity contribution in [1.82, 2.24) is 9.97 Å². The molecule has 0 atom stereocenters. The Morgan fingerprint density at radius 3 is 2.65 bits per heavy atom. The van der Waals surface area contributed by atoms with E-state index >= 15 is 0 Å². The smallest absolute Gasteiger partial charge is 0.149 e. The molecule has 0 fully saturated rings.